The molecule has 1 aliphatic carbocycles. The van der Waals surface area contributed by atoms with Crippen LogP contribution in [0.15, 0.2) is 47.2 Å². The van der Waals surface area contributed by atoms with E-state index >= 15 is 0 Å². The molecule has 2 atom stereocenters. The number of anilines is 1. The number of ether oxygens (including phenoxy) is 2. The first-order valence-corrected chi connectivity index (χ1v) is 14.0. The van der Waals surface area contributed by atoms with E-state index in [2.05, 4.69) is 26.0 Å². The summed E-state index contributed by atoms with van der Waals surface area (Å²) in [6.07, 6.45) is 2.93. The van der Waals surface area contributed by atoms with Gasteiger partial charge in [0.25, 0.3) is 5.91 Å². The third-order valence-electron chi connectivity index (χ3n) is 8.36. The lowest BCUT2D eigenvalue weighted by Crippen LogP contribution is -2.52. The van der Waals surface area contributed by atoms with Crippen LogP contribution in [-0.2, 0) is 16.0 Å². The molecular weight excluding hydrogens is 560 g/mol. The van der Waals surface area contributed by atoms with Gasteiger partial charge in [-0.2, -0.15) is 5.10 Å². The molecule has 2 aromatic heterocycles. The Morgan fingerprint density at radius 3 is 2.58 bits per heavy atom. The predicted molar refractivity (Wildman–Crippen MR) is 152 cm³/mol. The van der Waals surface area contributed by atoms with Gasteiger partial charge in [0.15, 0.2) is 11.6 Å². The average Bonchev–Trinajstić information content (AvgIpc) is 3.44. The smallest absolute Gasteiger partial charge is 0.257 e. The molecule has 2 aliphatic rings. The molecule has 0 bridgehead atoms. The summed E-state index contributed by atoms with van der Waals surface area (Å²) in [6.45, 7) is 4.36. The molecule has 1 unspecified atom stereocenters. The molecule has 10 nitrogen and oxygen atoms in total. The van der Waals surface area contributed by atoms with Gasteiger partial charge >= 0.3 is 0 Å². The van der Waals surface area contributed by atoms with E-state index in [1.165, 1.54) is 13.4 Å². The van der Waals surface area contributed by atoms with E-state index in [0.29, 0.717) is 42.8 Å². The number of aromatic amines is 1. The van der Waals surface area contributed by atoms with Crippen LogP contribution in [0.25, 0.3) is 11.1 Å². The monoisotopic (exact) mass is 591 g/mol. The van der Waals surface area contributed by atoms with Gasteiger partial charge in [0.1, 0.15) is 23.6 Å². The van der Waals surface area contributed by atoms with Crippen molar-refractivity contribution in [2.24, 2.45) is 5.41 Å². The van der Waals surface area contributed by atoms with E-state index in [4.69, 9.17) is 14.0 Å². The number of carbonyl (C=O) groups is 2. The van der Waals surface area contributed by atoms with Crippen LogP contribution in [-0.4, -0.2) is 53.5 Å². The Bertz CT molecular complexity index is 1660. The Hall–Kier alpha value is -4.58. The standard InChI is InChI=1S/C31H31F2N5O5/c1-16-26(17(2)37-36-16)18-4-6-19(7-5-18)34-30(40)28(35-29(39)21-14-43-38-24(21)8-11-41-3)27-20-12-22(32)23(33)13-25(20)42-15-31(27)9-10-31/h4-7,12-14,27-28H,8-11,15H2,1-3H3,(H,34,40)(H,35,39)(H,36,37)/t27?,28-/m0/s1. The number of halogens is 2. The first kappa shape index (κ1) is 28.5. The van der Waals surface area contributed by atoms with Gasteiger partial charge in [-0.15, -0.1) is 0 Å². The normalized spacial score (nSPS) is 17.2. The number of H-pyrrole nitrogens is 1. The minimum atomic E-state index is -1.16. The molecule has 3 N–H and O–H groups in total. The fourth-order valence-corrected chi connectivity index (χ4v) is 5.96. The quantitative estimate of drug-likeness (QED) is 0.254. The molecule has 224 valence electrons. The lowest BCUT2D eigenvalue weighted by molar-refractivity contribution is -0.119. The Morgan fingerprint density at radius 2 is 1.91 bits per heavy atom. The number of aromatic nitrogens is 3. The second kappa shape index (κ2) is 11.3. The summed E-state index contributed by atoms with van der Waals surface area (Å²) in [5.74, 6) is -3.75. The second-order valence-corrected chi connectivity index (χ2v) is 11.2. The van der Waals surface area contributed by atoms with Crippen LogP contribution in [0.3, 0.4) is 0 Å². The molecular formula is C31H31F2N5O5. The van der Waals surface area contributed by atoms with Gasteiger partial charge in [-0.1, -0.05) is 17.3 Å². The minimum Gasteiger partial charge on any atom is -0.493 e. The molecule has 12 heteroatoms. The maximum absolute atomic E-state index is 14.6. The van der Waals surface area contributed by atoms with Crippen molar-refractivity contribution in [3.63, 3.8) is 0 Å². The van der Waals surface area contributed by atoms with Gasteiger partial charge in [0.05, 0.1) is 24.6 Å². The molecule has 2 aromatic carbocycles. The minimum absolute atomic E-state index is 0.148. The van der Waals surface area contributed by atoms with Gasteiger partial charge < -0.3 is 24.6 Å². The van der Waals surface area contributed by atoms with Crippen molar-refractivity contribution in [2.45, 2.75) is 45.1 Å². The van der Waals surface area contributed by atoms with Crippen LogP contribution in [0.1, 0.15) is 51.8 Å². The molecule has 4 aromatic rings. The van der Waals surface area contributed by atoms with Crippen molar-refractivity contribution in [1.29, 1.82) is 0 Å². The molecule has 3 heterocycles. The highest BCUT2D eigenvalue weighted by Crippen LogP contribution is 2.61. The van der Waals surface area contributed by atoms with E-state index in [0.717, 1.165) is 34.6 Å². The van der Waals surface area contributed by atoms with Crippen LogP contribution < -0.4 is 15.4 Å². The fourth-order valence-electron chi connectivity index (χ4n) is 5.96. The Labute approximate surface area is 246 Å². The van der Waals surface area contributed by atoms with E-state index < -0.39 is 40.8 Å². The number of nitrogens with zero attached hydrogens (tertiary/aromatic N) is 2. The molecule has 43 heavy (non-hydrogen) atoms. The molecule has 6 rings (SSSR count). The molecule has 0 radical (unpaired) electrons. The molecule has 1 saturated carbocycles. The highest BCUT2D eigenvalue weighted by atomic mass is 19.2. The number of rotatable bonds is 9. The maximum Gasteiger partial charge on any atom is 0.257 e. The Balaban J connectivity index is 1.34. The van der Waals surface area contributed by atoms with Crippen molar-refractivity contribution in [3.05, 3.63) is 82.5 Å². The van der Waals surface area contributed by atoms with E-state index in [-0.39, 0.29) is 17.9 Å². The number of hydrogen-bond acceptors (Lipinski definition) is 7. The third kappa shape index (κ3) is 5.38. The highest BCUT2D eigenvalue weighted by molar-refractivity contribution is 6.02. The van der Waals surface area contributed by atoms with Crippen molar-refractivity contribution in [3.8, 4) is 16.9 Å². The van der Waals surface area contributed by atoms with Gasteiger partial charge in [-0.3, -0.25) is 14.7 Å². The summed E-state index contributed by atoms with van der Waals surface area (Å²) < 4.78 is 44.7. The average molecular weight is 592 g/mol. The predicted octanol–water partition coefficient (Wildman–Crippen LogP) is 4.84. The largest absolute Gasteiger partial charge is 0.493 e. The molecule has 0 saturated heterocycles. The zero-order chi connectivity index (χ0) is 30.3. The zero-order valence-electron chi connectivity index (χ0n) is 23.9. The summed E-state index contributed by atoms with van der Waals surface area (Å²) >= 11 is 0. The number of fused-ring (bicyclic) bond motifs is 1. The number of amides is 2. The number of nitrogens with one attached hydrogen (secondary N) is 3. The molecule has 1 aliphatic heterocycles. The van der Waals surface area contributed by atoms with Crippen LogP contribution in [0, 0.1) is 30.9 Å². The summed E-state index contributed by atoms with van der Waals surface area (Å²) in [4.78, 5) is 27.7. The summed E-state index contributed by atoms with van der Waals surface area (Å²) in [6, 6.07) is 8.17. The van der Waals surface area contributed by atoms with Crippen LogP contribution in [0.5, 0.6) is 5.75 Å². The van der Waals surface area contributed by atoms with Gasteiger partial charge in [-0.05, 0) is 50.5 Å². The first-order chi connectivity index (χ1) is 20.7. The van der Waals surface area contributed by atoms with E-state index in [9.17, 15) is 18.4 Å². The van der Waals surface area contributed by atoms with Gasteiger partial charge in [-0.25, -0.2) is 8.78 Å². The fraction of sp³-hybridized carbons (Fsp3) is 0.355. The lowest BCUT2D eigenvalue weighted by Gasteiger charge is -2.38. The van der Waals surface area contributed by atoms with E-state index in [1.54, 1.807) is 12.1 Å². The number of methoxy groups -OCH3 is 1. The first-order valence-electron chi connectivity index (χ1n) is 14.0. The second-order valence-electron chi connectivity index (χ2n) is 11.2. The third-order valence-corrected chi connectivity index (χ3v) is 8.36. The number of aryl methyl sites for hydroxylation is 2. The topological polar surface area (TPSA) is 131 Å². The van der Waals surface area contributed by atoms with Gasteiger partial charge in [0, 0.05) is 53.4 Å². The highest BCUT2D eigenvalue weighted by Gasteiger charge is 2.58. The van der Waals surface area contributed by atoms with Crippen LogP contribution in [0.4, 0.5) is 14.5 Å². The Morgan fingerprint density at radius 1 is 1.16 bits per heavy atom. The summed E-state index contributed by atoms with van der Waals surface area (Å²) in [5.41, 5.74) is 4.52. The lowest BCUT2D eigenvalue weighted by atomic mass is 9.75. The summed E-state index contributed by atoms with van der Waals surface area (Å²) in [5, 5.41) is 16.9. The van der Waals surface area contributed by atoms with Gasteiger partial charge in [0.2, 0.25) is 5.91 Å². The van der Waals surface area contributed by atoms with Crippen LogP contribution in [0.2, 0.25) is 0 Å². The molecule has 2 amide bonds. The van der Waals surface area contributed by atoms with Crippen LogP contribution >= 0.6 is 0 Å². The number of hydrogen-bond donors (Lipinski definition) is 3. The zero-order valence-corrected chi connectivity index (χ0v) is 23.9. The van der Waals surface area contributed by atoms with Crippen molar-refractivity contribution < 1.29 is 32.4 Å². The summed E-state index contributed by atoms with van der Waals surface area (Å²) in [7, 11) is 1.53. The SMILES string of the molecule is COCCc1nocc1C(=O)N[C@H](C(=O)Nc1ccc(-c2c(C)n[nH]c2C)cc1)C1c2cc(F)c(F)cc2OCC12CC2. The number of benzene rings is 2. The molecule has 1 spiro atoms. The molecule has 1 fully saturated rings. The maximum atomic E-state index is 14.6. The van der Waals surface area contributed by atoms with Crippen molar-refractivity contribution in [2.75, 3.05) is 25.6 Å². The van der Waals surface area contributed by atoms with Crippen molar-refractivity contribution in [1.82, 2.24) is 20.7 Å². The van der Waals surface area contributed by atoms with Crippen molar-refractivity contribution >= 4 is 17.5 Å². The Kier molecular flexibility index (Phi) is 7.47. The van der Waals surface area contributed by atoms with E-state index in [1.807, 2.05) is 26.0 Å². The number of carbonyl (C=O) groups excluding carboxylic acids is 2.